The molecule has 0 atom stereocenters. The number of aromatic carboxylic acids is 1. The van der Waals surface area contributed by atoms with E-state index in [1.54, 1.807) is 18.3 Å². The van der Waals surface area contributed by atoms with E-state index in [2.05, 4.69) is 5.16 Å². The van der Waals surface area contributed by atoms with E-state index in [9.17, 15) is 4.79 Å². The first-order valence-corrected chi connectivity index (χ1v) is 5.34. The largest absolute Gasteiger partial charge is 0.478 e. The fourth-order valence-electron chi connectivity index (χ4n) is 1.37. The van der Waals surface area contributed by atoms with Crippen LogP contribution in [-0.4, -0.2) is 17.3 Å². The standard InChI is InChI=1S/C14H11NO3/c16-14(17)12-7-4-8-13(9-12)18-15-10-11-5-2-1-3-6-11/h1-10H,(H,16,17)/b15-10-. The molecule has 0 amide bonds. The van der Waals surface area contributed by atoms with E-state index in [1.165, 1.54) is 12.1 Å². The molecule has 0 aromatic heterocycles. The maximum Gasteiger partial charge on any atom is 0.335 e. The van der Waals surface area contributed by atoms with Gasteiger partial charge in [0, 0.05) is 0 Å². The highest BCUT2D eigenvalue weighted by molar-refractivity contribution is 5.88. The van der Waals surface area contributed by atoms with Crippen molar-refractivity contribution in [1.82, 2.24) is 0 Å². The van der Waals surface area contributed by atoms with Crippen LogP contribution in [0.2, 0.25) is 0 Å². The normalized spacial score (nSPS) is 10.4. The molecule has 0 unspecified atom stereocenters. The minimum absolute atomic E-state index is 0.169. The topological polar surface area (TPSA) is 58.9 Å². The Balaban J connectivity index is 2.04. The summed E-state index contributed by atoms with van der Waals surface area (Å²) in [5.74, 6) is -0.602. The zero-order valence-electron chi connectivity index (χ0n) is 9.48. The summed E-state index contributed by atoms with van der Waals surface area (Å²) in [6.07, 6.45) is 1.56. The first kappa shape index (κ1) is 11.9. The first-order chi connectivity index (χ1) is 8.75. The molecule has 0 spiro atoms. The maximum atomic E-state index is 10.8. The SMILES string of the molecule is O=C(O)c1cccc(O/N=C\c2ccccc2)c1. The Morgan fingerprint density at radius 3 is 2.61 bits per heavy atom. The Labute approximate surface area is 104 Å². The minimum atomic E-state index is -0.993. The zero-order chi connectivity index (χ0) is 12.8. The van der Waals surface area contributed by atoms with Crippen LogP contribution in [0.1, 0.15) is 15.9 Å². The van der Waals surface area contributed by atoms with Gasteiger partial charge < -0.3 is 9.94 Å². The summed E-state index contributed by atoms with van der Waals surface area (Å²) in [7, 11) is 0. The number of nitrogens with zero attached hydrogens (tertiary/aromatic N) is 1. The highest BCUT2D eigenvalue weighted by Crippen LogP contribution is 2.13. The van der Waals surface area contributed by atoms with Crippen LogP contribution in [0.3, 0.4) is 0 Å². The number of carbonyl (C=O) groups is 1. The molecule has 2 aromatic carbocycles. The molecule has 0 saturated heterocycles. The molecular formula is C14H11NO3. The molecular weight excluding hydrogens is 230 g/mol. The molecule has 0 aliphatic heterocycles. The van der Waals surface area contributed by atoms with Gasteiger partial charge in [0.15, 0.2) is 5.75 Å². The van der Waals surface area contributed by atoms with Crippen LogP contribution in [0, 0.1) is 0 Å². The quantitative estimate of drug-likeness (QED) is 0.661. The zero-order valence-corrected chi connectivity index (χ0v) is 9.48. The lowest BCUT2D eigenvalue weighted by Crippen LogP contribution is -1.96. The number of benzene rings is 2. The highest BCUT2D eigenvalue weighted by atomic mass is 16.6. The first-order valence-electron chi connectivity index (χ1n) is 5.34. The third kappa shape index (κ3) is 3.18. The molecule has 0 heterocycles. The smallest absolute Gasteiger partial charge is 0.335 e. The van der Waals surface area contributed by atoms with Crippen molar-refractivity contribution < 1.29 is 14.7 Å². The van der Waals surface area contributed by atoms with Gasteiger partial charge in [-0.05, 0) is 23.8 Å². The van der Waals surface area contributed by atoms with Gasteiger partial charge in [-0.1, -0.05) is 41.6 Å². The van der Waals surface area contributed by atoms with E-state index >= 15 is 0 Å². The molecule has 0 aliphatic rings. The third-order valence-electron chi connectivity index (χ3n) is 2.24. The predicted molar refractivity (Wildman–Crippen MR) is 68.1 cm³/mol. The van der Waals surface area contributed by atoms with Gasteiger partial charge in [-0.25, -0.2) is 4.79 Å². The summed E-state index contributed by atoms with van der Waals surface area (Å²) in [5.41, 5.74) is 1.08. The van der Waals surface area contributed by atoms with Gasteiger partial charge >= 0.3 is 5.97 Å². The lowest BCUT2D eigenvalue weighted by Gasteiger charge is -1.99. The van der Waals surface area contributed by atoms with E-state index < -0.39 is 5.97 Å². The van der Waals surface area contributed by atoms with Crippen LogP contribution < -0.4 is 4.84 Å². The number of hydrogen-bond donors (Lipinski definition) is 1. The second-order valence-electron chi connectivity index (χ2n) is 3.57. The Kier molecular flexibility index (Phi) is 3.71. The Bertz CT molecular complexity index is 564. The molecule has 2 rings (SSSR count). The van der Waals surface area contributed by atoms with E-state index in [1.807, 2.05) is 30.3 Å². The second kappa shape index (κ2) is 5.63. The molecule has 4 heteroatoms. The minimum Gasteiger partial charge on any atom is -0.478 e. The molecule has 18 heavy (non-hydrogen) atoms. The van der Waals surface area contributed by atoms with E-state index in [0.717, 1.165) is 5.56 Å². The molecule has 0 aliphatic carbocycles. The van der Waals surface area contributed by atoms with Crippen LogP contribution in [-0.2, 0) is 0 Å². The molecule has 0 radical (unpaired) electrons. The van der Waals surface area contributed by atoms with Gasteiger partial charge in [0.25, 0.3) is 0 Å². The van der Waals surface area contributed by atoms with Crippen molar-refractivity contribution in [1.29, 1.82) is 0 Å². The van der Waals surface area contributed by atoms with E-state index in [0.29, 0.717) is 5.75 Å². The molecule has 4 nitrogen and oxygen atoms in total. The lowest BCUT2D eigenvalue weighted by molar-refractivity contribution is 0.0696. The number of hydrogen-bond acceptors (Lipinski definition) is 3. The fraction of sp³-hybridized carbons (Fsp3) is 0. The predicted octanol–water partition coefficient (Wildman–Crippen LogP) is 2.80. The van der Waals surface area contributed by atoms with Gasteiger partial charge in [0.2, 0.25) is 0 Å². The maximum absolute atomic E-state index is 10.8. The van der Waals surface area contributed by atoms with Gasteiger partial charge in [-0.15, -0.1) is 0 Å². The molecule has 1 N–H and O–H groups in total. The molecule has 0 fully saturated rings. The summed E-state index contributed by atoms with van der Waals surface area (Å²) in [6.45, 7) is 0. The fourth-order valence-corrected chi connectivity index (χ4v) is 1.37. The number of oxime groups is 1. The Hall–Kier alpha value is -2.62. The van der Waals surface area contributed by atoms with Crippen molar-refractivity contribution in [2.75, 3.05) is 0 Å². The van der Waals surface area contributed by atoms with Crippen LogP contribution in [0.4, 0.5) is 0 Å². The van der Waals surface area contributed by atoms with Gasteiger partial charge in [-0.3, -0.25) is 0 Å². The molecule has 0 bridgehead atoms. The number of carboxylic acids is 1. The molecule has 0 saturated carbocycles. The number of carboxylic acid groups (broad SMARTS) is 1. The highest BCUT2D eigenvalue weighted by Gasteiger charge is 2.03. The van der Waals surface area contributed by atoms with Crippen LogP contribution in [0.5, 0.6) is 5.75 Å². The average Bonchev–Trinajstić information content (AvgIpc) is 2.40. The summed E-state index contributed by atoms with van der Waals surface area (Å²) in [6, 6.07) is 15.7. The summed E-state index contributed by atoms with van der Waals surface area (Å²) in [4.78, 5) is 15.9. The molecule has 90 valence electrons. The van der Waals surface area contributed by atoms with Crippen molar-refractivity contribution in [3.05, 3.63) is 65.7 Å². The van der Waals surface area contributed by atoms with Crippen LogP contribution in [0.15, 0.2) is 59.8 Å². The van der Waals surface area contributed by atoms with Crippen molar-refractivity contribution in [2.45, 2.75) is 0 Å². The van der Waals surface area contributed by atoms with Crippen molar-refractivity contribution in [3.8, 4) is 5.75 Å². The van der Waals surface area contributed by atoms with Gasteiger partial charge in [0.05, 0.1) is 11.8 Å². The van der Waals surface area contributed by atoms with Crippen molar-refractivity contribution in [2.24, 2.45) is 5.16 Å². The Morgan fingerprint density at radius 2 is 1.89 bits per heavy atom. The second-order valence-corrected chi connectivity index (χ2v) is 3.57. The summed E-state index contributed by atoms with van der Waals surface area (Å²) < 4.78 is 0. The van der Waals surface area contributed by atoms with Crippen molar-refractivity contribution >= 4 is 12.2 Å². The summed E-state index contributed by atoms with van der Waals surface area (Å²) >= 11 is 0. The van der Waals surface area contributed by atoms with Crippen LogP contribution >= 0.6 is 0 Å². The van der Waals surface area contributed by atoms with Crippen LogP contribution in [0.25, 0.3) is 0 Å². The lowest BCUT2D eigenvalue weighted by atomic mass is 10.2. The Morgan fingerprint density at radius 1 is 1.11 bits per heavy atom. The van der Waals surface area contributed by atoms with Gasteiger partial charge in [-0.2, -0.15) is 0 Å². The van der Waals surface area contributed by atoms with E-state index in [4.69, 9.17) is 9.94 Å². The van der Waals surface area contributed by atoms with E-state index in [-0.39, 0.29) is 5.56 Å². The number of rotatable bonds is 4. The monoisotopic (exact) mass is 241 g/mol. The molecule has 2 aromatic rings. The average molecular weight is 241 g/mol. The van der Waals surface area contributed by atoms with Gasteiger partial charge in [0.1, 0.15) is 0 Å². The third-order valence-corrected chi connectivity index (χ3v) is 2.24. The summed E-state index contributed by atoms with van der Waals surface area (Å²) in [5, 5.41) is 12.6. The van der Waals surface area contributed by atoms with Crippen molar-refractivity contribution in [3.63, 3.8) is 0 Å².